The van der Waals surface area contributed by atoms with Crippen molar-refractivity contribution < 1.29 is 24.2 Å². The second kappa shape index (κ2) is 9.84. The van der Waals surface area contributed by atoms with E-state index in [0.717, 1.165) is 11.1 Å². The average Bonchev–Trinajstić information content (AvgIpc) is 3.11. The summed E-state index contributed by atoms with van der Waals surface area (Å²) in [4.78, 5) is 28.4. The fourth-order valence-corrected chi connectivity index (χ4v) is 4.49. The van der Waals surface area contributed by atoms with E-state index in [1.54, 1.807) is 42.5 Å². The third-order valence-corrected chi connectivity index (χ3v) is 6.32. The van der Waals surface area contributed by atoms with Gasteiger partial charge in [0.2, 0.25) is 0 Å². The van der Waals surface area contributed by atoms with E-state index in [1.165, 1.54) is 12.0 Å². The highest BCUT2D eigenvalue weighted by Crippen LogP contribution is 2.46. The number of hydrogen-bond acceptors (Lipinski definition) is 5. The lowest BCUT2D eigenvalue weighted by atomic mass is 9.94. The van der Waals surface area contributed by atoms with Crippen LogP contribution in [0.25, 0.3) is 5.76 Å². The molecule has 1 heterocycles. The number of ether oxygens (including phenoxy) is 2. The average molecular weight is 492 g/mol. The molecule has 1 amide bonds. The number of carbonyl (C=O) groups is 2. The van der Waals surface area contributed by atoms with Crippen molar-refractivity contribution in [2.24, 2.45) is 0 Å². The zero-order chi connectivity index (χ0) is 25.3. The van der Waals surface area contributed by atoms with Crippen LogP contribution in [0.3, 0.4) is 0 Å². The summed E-state index contributed by atoms with van der Waals surface area (Å²) in [5.74, 6) is -0.963. The van der Waals surface area contributed by atoms with Gasteiger partial charge in [0, 0.05) is 16.8 Å². The lowest BCUT2D eigenvalue weighted by Crippen LogP contribution is -2.30. The molecule has 1 aliphatic heterocycles. The Bertz CT molecular complexity index is 1350. The zero-order valence-electron chi connectivity index (χ0n) is 20.0. The highest BCUT2D eigenvalue weighted by molar-refractivity contribution is 6.52. The molecule has 0 spiro atoms. The Morgan fingerprint density at radius 2 is 1.77 bits per heavy atom. The van der Waals surface area contributed by atoms with Crippen LogP contribution in [0, 0.1) is 13.8 Å². The van der Waals surface area contributed by atoms with Crippen LogP contribution in [0.4, 0.5) is 5.69 Å². The monoisotopic (exact) mass is 491 g/mol. The minimum Gasteiger partial charge on any atom is -0.507 e. The van der Waals surface area contributed by atoms with Crippen molar-refractivity contribution in [1.29, 1.82) is 0 Å². The van der Waals surface area contributed by atoms with Gasteiger partial charge >= 0.3 is 0 Å². The summed E-state index contributed by atoms with van der Waals surface area (Å²) < 4.78 is 11.1. The highest BCUT2D eigenvalue weighted by Gasteiger charge is 2.48. The number of aliphatic hydroxyl groups excluding tert-OH is 1. The van der Waals surface area contributed by atoms with E-state index in [-0.39, 0.29) is 11.3 Å². The largest absolute Gasteiger partial charge is 0.507 e. The molecule has 1 saturated heterocycles. The predicted octanol–water partition coefficient (Wildman–Crippen LogP) is 5.99. The van der Waals surface area contributed by atoms with E-state index in [2.05, 4.69) is 0 Å². The van der Waals surface area contributed by atoms with Gasteiger partial charge in [-0.15, -0.1) is 0 Å². The first-order chi connectivity index (χ1) is 16.8. The Labute approximate surface area is 209 Å². The zero-order valence-corrected chi connectivity index (χ0v) is 20.7. The van der Waals surface area contributed by atoms with Gasteiger partial charge in [0.05, 0.1) is 30.4 Å². The van der Waals surface area contributed by atoms with E-state index >= 15 is 0 Å². The van der Waals surface area contributed by atoms with Crippen LogP contribution in [-0.4, -0.2) is 30.5 Å². The molecule has 3 aromatic rings. The molecule has 0 aliphatic carbocycles. The first-order valence-electron chi connectivity index (χ1n) is 11.2. The molecule has 1 atom stereocenters. The number of aliphatic hydroxyl groups is 1. The lowest BCUT2D eigenvalue weighted by molar-refractivity contribution is -0.132. The van der Waals surface area contributed by atoms with Crippen molar-refractivity contribution in [3.05, 3.63) is 93.5 Å². The second-order valence-electron chi connectivity index (χ2n) is 8.28. The molecule has 1 N–H and O–H groups in total. The number of para-hydroxylation sites is 1. The van der Waals surface area contributed by atoms with Gasteiger partial charge in [-0.25, -0.2) is 0 Å². The van der Waals surface area contributed by atoms with Gasteiger partial charge < -0.3 is 14.6 Å². The Hall–Kier alpha value is -3.77. The minimum absolute atomic E-state index is 0.0369. The van der Waals surface area contributed by atoms with Gasteiger partial charge in [-0.2, -0.15) is 0 Å². The molecule has 7 heteroatoms. The summed E-state index contributed by atoms with van der Waals surface area (Å²) in [5.41, 5.74) is 3.21. The summed E-state index contributed by atoms with van der Waals surface area (Å²) in [7, 11) is 1.52. The number of Topliss-reactive ketones (excluding diaryl/α,β-unsaturated/α-hetero) is 1. The van der Waals surface area contributed by atoms with Crippen LogP contribution in [0.5, 0.6) is 11.5 Å². The molecule has 180 valence electrons. The van der Waals surface area contributed by atoms with Crippen LogP contribution < -0.4 is 14.4 Å². The Morgan fingerprint density at radius 3 is 2.49 bits per heavy atom. The third-order valence-electron chi connectivity index (χ3n) is 6.01. The van der Waals surface area contributed by atoms with Crippen molar-refractivity contribution in [3.63, 3.8) is 0 Å². The number of ketones is 1. The molecule has 6 nitrogen and oxygen atoms in total. The molecule has 1 aliphatic rings. The van der Waals surface area contributed by atoms with E-state index < -0.39 is 17.7 Å². The first kappa shape index (κ1) is 24.4. The maximum Gasteiger partial charge on any atom is 0.300 e. The lowest BCUT2D eigenvalue weighted by Gasteiger charge is -2.28. The predicted molar refractivity (Wildman–Crippen MR) is 136 cm³/mol. The topological polar surface area (TPSA) is 76.1 Å². The molecule has 0 bridgehead atoms. The Morgan fingerprint density at radius 1 is 1.03 bits per heavy atom. The molecule has 1 fully saturated rings. The van der Waals surface area contributed by atoms with E-state index in [9.17, 15) is 14.7 Å². The molecule has 35 heavy (non-hydrogen) atoms. The summed E-state index contributed by atoms with van der Waals surface area (Å²) in [6.07, 6.45) is 0. The molecule has 4 rings (SSSR count). The number of methoxy groups -OCH3 is 1. The number of rotatable bonds is 6. The highest BCUT2D eigenvalue weighted by atomic mass is 35.5. The fraction of sp³-hybridized carbons (Fsp3) is 0.214. The van der Waals surface area contributed by atoms with Gasteiger partial charge in [-0.05, 0) is 62.2 Å². The number of halogens is 1. The maximum atomic E-state index is 13.5. The smallest absolute Gasteiger partial charge is 0.300 e. The number of aryl methyl sites for hydroxylation is 2. The second-order valence-corrected chi connectivity index (χ2v) is 8.69. The fourth-order valence-electron chi connectivity index (χ4n) is 4.32. The van der Waals surface area contributed by atoms with Gasteiger partial charge in [-0.1, -0.05) is 41.9 Å². The quantitative estimate of drug-likeness (QED) is 0.260. The van der Waals surface area contributed by atoms with Gasteiger partial charge in [0.25, 0.3) is 11.7 Å². The first-order valence-corrected chi connectivity index (χ1v) is 11.6. The van der Waals surface area contributed by atoms with E-state index in [1.807, 2.05) is 39.0 Å². The molecule has 0 radical (unpaired) electrons. The molecule has 3 aromatic carbocycles. The van der Waals surface area contributed by atoms with Crippen molar-refractivity contribution in [2.45, 2.75) is 26.8 Å². The van der Waals surface area contributed by atoms with Crippen molar-refractivity contribution in [2.75, 3.05) is 18.6 Å². The van der Waals surface area contributed by atoms with Crippen molar-refractivity contribution in [3.8, 4) is 11.5 Å². The number of carbonyl (C=O) groups excluding carboxylic acids is 2. The number of anilines is 1. The van der Waals surface area contributed by atoms with E-state index in [4.69, 9.17) is 21.1 Å². The SMILES string of the molecule is CCOc1cc(/C(O)=C2\C(=O)C(=O)N(c3cc(C)ccc3C)C2c2ccccc2OC)ccc1Cl. The van der Waals surface area contributed by atoms with Gasteiger partial charge in [0.15, 0.2) is 0 Å². The normalized spacial score (nSPS) is 17.1. The van der Waals surface area contributed by atoms with E-state index in [0.29, 0.717) is 39.9 Å². The maximum absolute atomic E-state index is 13.5. The van der Waals surface area contributed by atoms with Crippen molar-refractivity contribution in [1.82, 2.24) is 0 Å². The summed E-state index contributed by atoms with van der Waals surface area (Å²) >= 11 is 6.22. The Balaban J connectivity index is 2.00. The molecule has 1 unspecified atom stereocenters. The van der Waals surface area contributed by atoms with Crippen molar-refractivity contribution >= 4 is 34.7 Å². The molecule has 0 saturated carbocycles. The van der Waals surface area contributed by atoms with Gasteiger partial charge in [0.1, 0.15) is 17.3 Å². The number of hydrogen-bond donors (Lipinski definition) is 1. The minimum atomic E-state index is -0.905. The number of amides is 1. The molecule has 0 aromatic heterocycles. The summed E-state index contributed by atoms with van der Waals surface area (Å²) in [6, 6.07) is 16.7. The van der Waals surface area contributed by atoms with Crippen LogP contribution in [0.15, 0.2) is 66.2 Å². The standard InChI is InChI=1S/C28H26ClNO5/c1-5-35-23-15-18(12-13-20(23)29)26(31)24-25(19-8-6-7-9-22(19)34-4)30(28(33)27(24)32)21-14-16(2)10-11-17(21)3/h6-15,25,31H,5H2,1-4H3/b26-24+. The van der Waals surface area contributed by atoms with Gasteiger partial charge in [-0.3, -0.25) is 14.5 Å². The van der Waals surface area contributed by atoms with Crippen LogP contribution in [0.1, 0.15) is 35.2 Å². The summed E-state index contributed by atoms with van der Waals surface area (Å²) in [6.45, 7) is 5.99. The third kappa shape index (κ3) is 4.37. The van der Waals surface area contributed by atoms with Crippen LogP contribution in [-0.2, 0) is 9.59 Å². The molecular weight excluding hydrogens is 466 g/mol. The Kier molecular flexibility index (Phi) is 6.85. The number of nitrogens with zero attached hydrogens (tertiary/aromatic N) is 1. The van der Waals surface area contributed by atoms with Crippen LogP contribution >= 0.6 is 11.6 Å². The number of benzene rings is 3. The molecular formula is C28H26ClNO5. The van der Waals surface area contributed by atoms with Crippen LogP contribution in [0.2, 0.25) is 5.02 Å². The summed E-state index contributed by atoms with van der Waals surface area (Å²) in [5, 5.41) is 11.8.